The molecule has 2 aromatic heterocycles. The van der Waals surface area contributed by atoms with Crippen LogP contribution in [0.4, 0.5) is 5.82 Å². The standard InChI is InChI=1S/C23H27N3O3S/c1-3-28-22(27)16-18(23-25-12-14-30-23)15-17-7-9-20(10-8-17)29-13-11-19-5-4-6-21(24-2)26-19/h4-10,12,14,18H,3,11,13,15-16H2,1-2H3,(H,24,26)/t18-/m1/s1. The average Bonchev–Trinajstić information content (AvgIpc) is 3.30. The zero-order valence-corrected chi connectivity index (χ0v) is 18.2. The van der Waals surface area contributed by atoms with Crippen molar-refractivity contribution in [2.24, 2.45) is 0 Å². The first-order chi connectivity index (χ1) is 14.7. The van der Waals surface area contributed by atoms with Crippen LogP contribution in [0.5, 0.6) is 5.75 Å². The van der Waals surface area contributed by atoms with Gasteiger partial charge >= 0.3 is 5.97 Å². The lowest BCUT2D eigenvalue weighted by molar-refractivity contribution is -0.143. The molecule has 2 heterocycles. The molecule has 0 amide bonds. The number of esters is 1. The molecule has 3 rings (SSSR count). The Hall–Kier alpha value is -2.93. The molecule has 158 valence electrons. The van der Waals surface area contributed by atoms with Gasteiger partial charge in [-0.15, -0.1) is 11.3 Å². The van der Waals surface area contributed by atoms with Crippen molar-refractivity contribution < 1.29 is 14.3 Å². The van der Waals surface area contributed by atoms with Crippen molar-refractivity contribution >= 4 is 23.1 Å². The van der Waals surface area contributed by atoms with E-state index in [0.29, 0.717) is 19.6 Å². The van der Waals surface area contributed by atoms with Crippen molar-refractivity contribution in [1.29, 1.82) is 0 Å². The van der Waals surface area contributed by atoms with Crippen molar-refractivity contribution in [1.82, 2.24) is 9.97 Å². The summed E-state index contributed by atoms with van der Waals surface area (Å²) in [5.74, 6) is 1.50. The van der Waals surface area contributed by atoms with Crippen LogP contribution < -0.4 is 10.1 Å². The van der Waals surface area contributed by atoms with Crippen molar-refractivity contribution in [3.05, 3.63) is 70.3 Å². The maximum Gasteiger partial charge on any atom is 0.306 e. The third-order valence-corrected chi connectivity index (χ3v) is 5.55. The molecular formula is C23H27N3O3S. The van der Waals surface area contributed by atoms with Gasteiger partial charge in [-0.25, -0.2) is 9.97 Å². The van der Waals surface area contributed by atoms with Crippen LogP contribution in [-0.2, 0) is 22.4 Å². The maximum absolute atomic E-state index is 12.0. The number of carbonyl (C=O) groups is 1. The fourth-order valence-corrected chi connectivity index (χ4v) is 3.88. The summed E-state index contributed by atoms with van der Waals surface area (Å²) in [7, 11) is 1.86. The predicted molar refractivity (Wildman–Crippen MR) is 119 cm³/mol. The number of pyridine rings is 1. The van der Waals surface area contributed by atoms with Gasteiger partial charge in [0.2, 0.25) is 0 Å². The highest BCUT2D eigenvalue weighted by atomic mass is 32.1. The number of nitrogens with zero attached hydrogens (tertiary/aromatic N) is 2. The number of benzene rings is 1. The van der Waals surface area contributed by atoms with Crippen LogP contribution in [0.25, 0.3) is 0 Å². The minimum absolute atomic E-state index is 0.0151. The Bertz CT molecular complexity index is 914. The van der Waals surface area contributed by atoms with E-state index < -0.39 is 0 Å². The van der Waals surface area contributed by atoms with Crippen LogP contribution in [0.1, 0.15) is 35.5 Å². The minimum atomic E-state index is -0.186. The second-order valence-corrected chi connectivity index (χ2v) is 7.71. The van der Waals surface area contributed by atoms with Gasteiger partial charge in [-0.1, -0.05) is 18.2 Å². The molecule has 0 aliphatic carbocycles. The van der Waals surface area contributed by atoms with Crippen molar-refractivity contribution in [2.75, 3.05) is 25.6 Å². The summed E-state index contributed by atoms with van der Waals surface area (Å²) in [6.45, 7) is 2.77. The monoisotopic (exact) mass is 425 g/mol. The number of ether oxygens (including phenoxy) is 2. The van der Waals surface area contributed by atoms with Crippen LogP contribution in [0.2, 0.25) is 0 Å². The molecule has 0 saturated carbocycles. The highest BCUT2D eigenvalue weighted by molar-refractivity contribution is 7.09. The van der Waals surface area contributed by atoms with Crippen molar-refractivity contribution in [3.8, 4) is 5.75 Å². The Balaban J connectivity index is 1.55. The lowest BCUT2D eigenvalue weighted by Gasteiger charge is -2.14. The van der Waals surface area contributed by atoms with E-state index in [0.717, 1.165) is 40.7 Å². The summed E-state index contributed by atoms with van der Waals surface area (Å²) in [6, 6.07) is 13.9. The lowest BCUT2D eigenvalue weighted by Crippen LogP contribution is -2.12. The fraction of sp³-hybridized carbons (Fsp3) is 0.348. The van der Waals surface area contributed by atoms with Crippen LogP contribution in [0.15, 0.2) is 54.0 Å². The smallest absolute Gasteiger partial charge is 0.306 e. The van der Waals surface area contributed by atoms with E-state index in [1.165, 1.54) is 0 Å². The second-order valence-electron chi connectivity index (χ2n) is 6.79. The van der Waals surface area contributed by atoms with Crippen molar-refractivity contribution in [3.63, 3.8) is 0 Å². The van der Waals surface area contributed by atoms with Gasteiger partial charge < -0.3 is 14.8 Å². The Morgan fingerprint density at radius 1 is 1.20 bits per heavy atom. The first-order valence-corrected chi connectivity index (χ1v) is 11.0. The van der Waals surface area contributed by atoms with Gasteiger partial charge in [0.05, 0.1) is 24.6 Å². The average molecular weight is 426 g/mol. The zero-order chi connectivity index (χ0) is 21.2. The third kappa shape index (κ3) is 6.56. The molecule has 1 aromatic carbocycles. The van der Waals surface area contributed by atoms with Crippen LogP contribution in [-0.4, -0.2) is 36.2 Å². The molecule has 0 radical (unpaired) electrons. The first-order valence-electron chi connectivity index (χ1n) is 10.1. The molecule has 0 bridgehead atoms. The summed E-state index contributed by atoms with van der Waals surface area (Å²) in [6.07, 6.45) is 3.57. The minimum Gasteiger partial charge on any atom is -0.493 e. The summed E-state index contributed by atoms with van der Waals surface area (Å²) in [5, 5.41) is 5.94. The van der Waals surface area contributed by atoms with E-state index in [1.54, 1.807) is 17.5 Å². The van der Waals surface area contributed by atoms with Crippen LogP contribution in [0, 0.1) is 0 Å². The molecule has 0 fully saturated rings. The second kappa shape index (κ2) is 11.3. The summed E-state index contributed by atoms with van der Waals surface area (Å²) in [4.78, 5) is 20.9. The molecule has 7 heteroatoms. The fourth-order valence-electron chi connectivity index (χ4n) is 3.14. The molecule has 0 spiro atoms. The Morgan fingerprint density at radius 3 is 2.73 bits per heavy atom. The quantitative estimate of drug-likeness (QED) is 0.457. The molecule has 1 atom stereocenters. The number of nitrogens with one attached hydrogen (secondary N) is 1. The number of aromatic nitrogens is 2. The summed E-state index contributed by atoms with van der Waals surface area (Å²) in [5.41, 5.74) is 2.12. The number of thiazole rings is 1. The molecule has 6 nitrogen and oxygen atoms in total. The Kier molecular flexibility index (Phi) is 8.20. The molecular weight excluding hydrogens is 398 g/mol. The molecule has 30 heavy (non-hydrogen) atoms. The largest absolute Gasteiger partial charge is 0.493 e. The van der Waals surface area contributed by atoms with Gasteiger partial charge in [-0.2, -0.15) is 0 Å². The number of anilines is 1. The van der Waals surface area contributed by atoms with E-state index in [1.807, 2.05) is 61.8 Å². The third-order valence-electron chi connectivity index (χ3n) is 4.61. The topological polar surface area (TPSA) is 73.3 Å². The van der Waals surface area contributed by atoms with Gasteiger partial charge in [0.25, 0.3) is 0 Å². The molecule has 3 aromatic rings. The van der Waals surface area contributed by atoms with E-state index in [2.05, 4.69) is 15.3 Å². The van der Waals surface area contributed by atoms with E-state index >= 15 is 0 Å². The number of hydrogen-bond acceptors (Lipinski definition) is 7. The Labute approximate surface area is 181 Å². The van der Waals surface area contributed by atoms with Crippen molar-refractivity contribution in [2.45, 2.75) is 32.1 Å². The van der Waals surface area contributed by atoms with Gasteiger partial charge in [-0.3, -0.25) is 4.79 Å². The van der Waals surface area contributed by atoms with E-state index in [4.69, 9.17) is 9.47 Å². The number of carbonyl (C=O) groups excluding carboxylic acids is 1. The van der Waals surface area contributed by atoms with Gasteiger partial charge in [-0.05, 0) is 43.2 Å². The normalized spacial score (nSPS) is 11.7. The molecule has 0 saturated heterocycles. The van der Waals surface area contributed by atoms with Crippen LogP contribution >= 0.6 is 11.3 Å². The summed E-state index contributed by atoms with van der Waals surface area (Å²) >= 11 is 1.57. The zero-order valence-electron chi connectivity index (χ0n) is 17.3. The van der Waals surface area contributed by atoms with Gasteiger partial charge in [0.1, 0.15) is 11.6 Å². The molecule has 0 aliphatic heterocycles. The highest BCUT2D eigenvalue weighted by Gasteiger charge is 2.20. The van der Waals surface area contributed by atoms with E-state index in [9.17, 15) is 4.79 Å². The van der Waals surface area contributed by atoms with Crippen LogP contribution in [0.3, 0.4) is 0 Å². The summed E-state index contributed by atoms with van der Waals surface area (Å²) < 4.78 is 11.0. The lowest BCUT2D eigenvalue weighted by atomic mass is 9.96. The maximum atomic E-state index is 12.0. The van der Waals surface area contributed by atoms with Gasteiger partial charge in [0, 0.05) is 36.7 Å². The molecule has 0 aliphatic rings. The molecule has 0 unspecified atom stereocenters. The SMILES string of the molecule is CCOC(=O)C[C@@H](Cc1ccc(OCCc2cccc(NC)n2)cc1)c1nccs1. The first kappa shape index (κ1) is 21.8. The highest BCUT2D eigenvalue weighted by Crippen LogP contribution is 2.27. The number of hydrogen-bond donors (Lipinski definition) is 1. The van der Waals surface area contributed by atoms with E-state index in [-0.39, 0.29) is 11.9 Å². The Morgan fingerprint density at radius 2 is 2.03 bits per heavy atom. The molecule has 1 N–H and O–H groups in total. The number of rotatable bonds is 11. The van der Waals surface area contributed by atoms with Gasteiger partial charge in [0.15, 0.2) is 0 Å². The predicted octanol–water partition coefficient (Wildman–Crippen LogP) is 4.48.